The Morgan fingerprint density at radius 2 is 1.96 bits per heavy atom. The third-order valence-corrected chi connectivity index (χ3v) is 6.62. The van der Waals surface area contributed by atoms with Gasteiger partial charge in [0.15, 0.2) is 0 Å². The minimum Gasteiger partial charge on any atom is -0.351 e. The van der Waals surface area contributed by atoms with Crippen molar-refractivity contribution in [1.82, 2.24) is 14.9 Å². The molecule has 0 unspecified atom stereocenters. The van der Waals surface area contributed by atoms with E-state index in [1.54, 1.807) is 0 Å². The van der Waals surface area contributed by atoms with E-state index in [2.05, 4.69) is 36.5 Å². The van der Waals surface area contributed by atoms with Gasteiger partial charge in [-0.15, -0.1) is 11.3 Å². The zero-order valence-electron chi connectivity index (χ0n) is 16.4. The molecule has 0 aliphatic carbocycles. The normalized spacial score (nSPS) is 13.9. The van der Waals surface area contributed by atoms with Gasteiger partial charge >= 0.3 is 0 Å². The van der Waals surface area contributed by atoms with Gasteiger partial charge in [0.05, 0.1) is 10.3 Å². The third-order valence-electron chi connectivity index (χ3n) is 5.44. The van der Waals surface area contributed by atoms with Crippen molar-refractivity contribution in [3.8, 4) is 0 Å². The number of amides is 1. The van der Waals surface area contributed by atoms with Crippen LogP contribution < -0.4 is 10.9 Å². The number of benzene rings is 1. The summed E-state index contributed by atoms with van der Waals surface area (Å²) in [6, 6.07) is 8.33. The van der Waals surface area contributed by atoms with Crippen molar-refractivity contribution in [3.05, 3.63) is 62.0 Å². The van der Waals surface area contributed by atoms with Crippen molar-refractivity contribution >= 4 is 27.5 Å². The molecule has 1 aliphatic rings. The van der Waals surface area contributed by atoms with Crippen LogP contribution in [0.4, 0.5) is 0 Å². The molecule has 2 aromatic heterocycles. The molecule has 0 bridgehead atoms. The highest BCUT2D eigenvalue weighted by Crippen LogP contribution is 2.28. The van der Waals surface area contributed by atoms with Crippen molar-refractivity contribution in [2.75, 3.05) is 6.54 Å². The van der Waals surface area contributed by atoms with Crippen molar-refractivity contribution in [2.24, 2.45) is 0 Å². The number of aryl methyl sites for hydroxylation is 3. The summed E-state index contributed by atoms with van der Waals surface area (Å²) in [6.07, 6.45) is 4.82. The molecule has 1 N–H and O–H groups in total. The monoisotopic (exact) mass is 395 g/mol. The van der Waals surface area contributed by atoms with E-state index in [0.29, 0.717) is 21.6 Å². The Labute approximate surface area is 168 Å². The fourth-order valence-electron chi connectivity index (χ4n) is 3.78. The highest BCUT2D eigenvalue weighted by Gasteiger charge is 2.22. The molecule has 1 aromatic carbocycles. The summed E-state index contributed by atoms with van der Waals surface area (Å²) in [5.74, 6) is 0.745. The predicted octanol–water partition coefficient (Wildman–Crippen LogP) is 3.77. The van der Waals surface area contributed by atoms with E-state index in [1.807, 2.05) is 11.5 Å². The number of carbonyl (C=O) groups is 1. The maximum absolute atomic E-state index is 13.0. The molecular formula is C22H25N3O2S. The molecule has 4 rings (SSSR count). The summed E-state index contributed by atoms with van der Waals surface area (Å²) in [5, 5.41) is 3.61. The third kappa shape index (κ3) is 3.61. The summed E-state index contributed by atoms with van der Waals surface area (Å²) in [6.45, 7) is 5.22. The van der Waals surface area contributed by atoms with E-state index in [4.69, 9.17) is 4.98 Å². The highest BCUT2D eigenvalue weighted by atomic mass is 32.1. The van der Waals surface area contributed by atoms with Crippen molar-refractivity contribution in [2.45, 2.75) is 52.5 Å². The fraction of sp³-hybridized carbons (Fsp3) is 0.409. The van der Waals surface area contributed by atoms with Crippen LogP contribution in [0.3, 0.4) is 0 Å². The highest BCUT2D eigenvalue weighted by molar-refractivity contribution is 7.20. The van der Waals surface area contributed by atoms with Gasteiger partial charge in [-0.3, -0.25) is 14.2 Å². The zero-order valence-corrected chi connectivity index (χ0v) is 17.2. The van der Waals surface area contributed by atoms with E-state index in [1.165, 1.54) is 22.5 Å². The van der Waals surface area contributed by atoms with Gasteiger partial charge in [0.1, 0.15) is 10.7 Å². The Bertz CT molecular complexity index is 1080. The molecule has 28 heavy (non-hydrogen) atoms. The molecule has 0 saturated heterocycles. The van der Waals surface area contributed by atoms with Crippen LogP contribution in [0, 0.1) is 13.8 Å². The second-order valence-electron chi connectivity index (χ2n) is 7.52. The molecule has 0 saturated carbocycles. The maximum Gasteiger partial charge on any atom is 0.262 e. The molecule has 3 heterocycles. The number of hydrogen-bond donors (Lipinski definition) is 1. The Balaban J connectivity index is 1.55. The van der Waals surface area contributed by atoms with E-state index in [-0.39, 0.29) is 11.5 Å². The summed E-state index contributed by atoms with van der Waals surface area (Å²) in [5.41, 5.74) is 3.19. The predicted molar refractivity (Wildman–Crippen MR) is 113 cm³/mol. The SMILES string of the molecule is Cc1ccc(CCNC(=O)c2sc3nc4n(c(=O)c3c2C)CCCCC4)cc1. The molecule has 5 nitrogen and oxygen atoms in total. The van der Waals surface area contributed by atoms with Crippen LogP contribution >= 0.6 is 11.3 Å². The van der Waals surface area contributed by atoms with Crippen LogP contribution in [0.2, 0.25) is 0 Å². The second kappa shape index (κ2) is 7.87. The van der Waals surface area contributed by atoms with Gasteiger partial charge in [0.25, 0.3) is 11.5 Å². The van der Waals surface area contributed by atoms with Crippen LogP contribution in [0.1, 0.15) is 51.4 Å². The number of aromatic nitrogens is 2. The van der Waals surface area contributed by atoms with Crippen molar-refractivity contribution in [1.29, 1.82) is 0 Å². The van der Waals surface area contributed by atoms with Crippen molar-refractivity contribution in [3.63, 3.8) is 0 Å². The number of nitrogens with zero attached hydrogens (tertiary/aromatic N) is 2. The smallest absolute Gasteiger partial charge is 0.262 e. The van der Waals surface area contributed by atoms with E-state index < -0.39 is 0 Å². The molecule has 3 aromatic rings. The lowest BCUT2D eigenvalue weighted by molar-refractivity contribution is 0.0957. The van der Waals surface area contributed by atoms with Crippen LogP contribution in [0.15, 0.2) is 29.1 Å². The number of carbonyl (C=O) groups excluding carboxylic acids is 1. The summed E-state index contributed by atoms with van der Waals surface area (Å²) in [7, 11) is 0. The minimum absolute atomic E-state index is 0.00866. The van der Waals surface area contributed by atoms with E-state index in [0.717, 1.165) is 50.0 Å². The van der Waals surface area contributed by atoms with Crippen LogP contribution in [0.5, 0.6) is 0 Å². The largest absolute Gasteiger partial charge is 0.351 e. The topological polar surface area (TPSA) is 64.0 Å². The lowest BCUT2D eigenvalue weighted by Gasteiger charge is -2.08. The van der Waals surface area contributed by atoms with Gasteiger partial charge < -0.3 is 5.32 Å². The lowest BCUT2D eigenvalue weighted by Crippen LogP contribution is -2.26. The fourth-order valence-corrected chi connectivity index (χ4v) is 4.89. The number of rotatable bonds is 4. The maximum atomic E-state index is 13.0. The van der Waals surface area contributed by atoms with Gasteiger partial charge in [-0.05, 0) is 44.2 Å². The Morgan fingerprint density at radius 1 is 1.18 bits per heavy atom. The number of nitrogens with one attached hydrogen (secondary N) is 1. The number of hydrogen-bond acceptors (Lipinski definition) is 4. The summed E-state index contributed by atoms with van der Waals surface area (Å²) in [4.78, 5) is 31.8. The summed E-state index contributed by atoms with van der Waals surface area (Å²) < 4.78 is 1.81. The van der Waals surface area contributed by atoms with Crippen LogP contribution in [-0.2, 0) is 19.4 Å². The van der Waals surface area contributed by atoms with E-state index >= 15 is 0 Å². The average molecular weight is 396 g/mol. The lowest BCUT2D eigenvalue weighted by atomic mass is 10.1. The molecule has 1 amide bonds. The summed E-state index contributed by atoms with van der Waals surface area (Å²) >= 11 is 1.34. The zero-order chi connectivity index (χ0) is 19.7. The van der Waals surface area contributed by atoms with Crippen LogP contribution in [0.25, 0.3) is 10.2 Å². The first kappa shape index (κ1) is 18.9. The first-order valence-electron chi connectivity index (χ1n) is 9.91. The first-order chi connectivity index (χ1) is 13.5. The Kier molecular flexibility index (Phi) is 5.31. The Morgan fingerprint density at radius 3 is 2.75 bits per heavy atom. The first-order valence-corrected chi connectivity index (χ1v) is 10.7. The van der Waals surface area contributed by atoms with Crippen LogP contribution in [-0.4, -0.2) is 22.0 Å². The van der Waals surface area contributed by atoms with Gasteiger partial charge in [-0.1, -0.05) is 36.2 Å². The number of thiophene rings is 1. The Hall–Kier alpha value is -2.47. The molecule has 0 spiro atoms. The molecule has 6 heteroatoms. The van der Waals surface area contributed by atoms with Gasteiger partial charge in [-0.25, -0.2) is 4.98 Å². The molecule has 1 aliphatic heterocycles. The van der Waals surface area contributed by atoms with Gasteiger partial charge in [0.2, 0.25) is 0 Å². The van der Waals surface area contributed by atoms with E-state index in [9.17, 15) is 9.59 Å². The minimum atomic E-state index is -0.118. The molecule has 0 radical (unpaired) electrons. The van der Waals surface area contributed by atoms with Gasteiger partial charge in [0, 0.05) is 19.5 Å². The second-order valence-corrected chi connectivity index (χ2v) is 8.52. The average Bonchev–Trinajstić information content (AvgIpc) is 2.85. The molecule has 146 valence electrons. The number of fused-ring (bicyclic) bond motifs is 2. The molecule has 0 atom stereocenters. The van der Waals surface area contributed by atoms with Crippen molar-refractivity contribution < 1.29 is 4.79 Å². The quantitative estimate of drug-likeness (QED) is 0.731. The molecule has 0 fully saturated rings. The van der Waals surface area contributed by atoms with Gasteiger partial charge in [-0.2, -0.15) is 0 Å². The standard InChI is InChI=1S/C22H25N3O2S/c1-14-7-9-16(10-8-14)11-12-23-20(26)19-15(2)18-21(28-19)24-17-6-4-3-5-13-25(17)22(18)27/h7-10H,3-6,11-13H2,1-2H3,(H,23,26). The molecular weight excluding hydrogens is 370 g/mol.